The number of hydrogen-bond donors (Lipinski definition) is 1. The molecule has 1 aromatic carbocycles. The summed E-state index contributed by atoms with van der Waals surface area (Å²) in [6, 6.07) is 7.53. The molecule has 2 aromatic heterocycles. The number of benzene rings is 1. The van der Waals surface area contributed by atoms with Crippen molar-refractivity contribution in [3.05, 3.63) is 57.4 Å². The van der Waals surface area contributed by atoms with Gasteiger partial charge in [-0.25, -0.2) is 9.97 Å². The average Bonchev–Trinajstić information content (AvgIpc) is 3.09. The largest absolute Gasteiger partial charge is 0.347 e. The number of nitrogens with one attached hydrogen (secondary N) is 1. The zero-order valence-corrected chi connectivity index (χ0v) is 18.4. The van der Waals surface area contributed by atoms with Crippen molar-refractivity contribution in [2.75, 3.05) is 13.1 Å². The summed E-state index contributed by atoms with van der Waals surface area (Å²) < 4.78 is 0. The normalized spacial score (nSPS) is 14.2. The second kappa shape index (κ2) is 8.52. The summed E-state index contributed by atoms with van der Waals surface area (Å²) >= 11 is 1.40. The highest BCUT2D eigenvalue weighted by atomic mass is 32.1. The lowest BCUT2D eigenvalue weighted by Gasteiger charge is -2.26. The minimum Gasteiger partial charge on any atom is -0.347 e. The molecule has 4 rings (SSSR count). The molecule has 0 radical (unpaired) electrons. The fourth-order valence-electron chi connectivity index (χ4n) is 4.00. The molecule has 0 saturated carbocycles. The van der Waals surface area contributed by atoms with E-state index in [1.54, 1.807) is 0 Å². The Morgan fingerprint density at radius 1 is 1.03 bits per heavy atom. The highest BCUT2D eigenvalue weighted by Crippen LogP contribution is 2.31. The lowest BCUT2D eigenvalue weighted by molar-refractivity contribution is 0.0724. The van der Waals surface area contributed by atoms with Crippen LogP contribution in [0.4, 0.5) is 0 Å². The number of aromatic nitrogens is 2. The Balaban J connectivity index is 1.43. The predicted octanol–water partition coefficient (Wildman–Crippen LogP) is 4.17. The van der Waals surface area contributed by atoms with E-state index in [4.69, 9.17) is 0 Å². The summed E-state index contributed by atoms with van der Waals surface area (Å²) in [6.45, 7) is 7.85. The van der Waals surface area contributed by atoms with Crippen LogP contribution in [-0.2, 0) is 6.54 Å². The molecule has 1 aliphatic heterocycles. The summed E-state index contributed by atoms with van der Waals surface area (Å²) in [5.41, 5.74) is 3.49. The maximum absolute atomic E-state index is 12.8. The topological polar surface area (TPSA) is 75.2 Å². The zero-order valence-electron chi connectivity index (χ0n) is 17.6. The van der Waals surface area contributed by atoms with Crippen LogP contribution in [0.2, 0.25) is 0 Å². The van der Waals surface area contributed by atoms with Gasteiger partial charge in [-0.1, -0.05) is 12.1 Å². The third-order valence-electron chi connectivity index (χ3n) is 5.59. The molecular formula is C23H26N4O2S. The van der Waals surface area contributed by atoms with Crippen LogP contribution >= 0.6 is 11.3 Å². The Kier molecular flexibility index (Phi) is 5.81. The second-order valence-electron chi connectivity index (χ2n) is 7.83. The SMILES string of the molecule is Cc1nc(C)c2c(C)c(C(=O)NCc3ccc(C(=O)N4CCCCC4)cc3)sc2n1. The standard InChI is InChI=1S/C23H26N4O2S/c1-14-19-15(2)25-16(3)26-22(19)30-20(14)21(28)24-13-17-7-9-18(10-8-17)23(29)27-11-5-4-6-12-27/h7-10H,4-6,11-13H2,1-3H3,(H,24,28). The fourth-order valence-corrected chi connectivity index (χ4v) is 5.19. The van der Waals surface area contributed by atoms with E-state index < -0.39 is 0 Å². The molecule has 2 amide bonds. The molecule has 0 bridgehead atoms. The Morgan fingerprint density at radius 3 is 2.43 bits per heavy atom. The third-order valence-corrected chi connectivity index (χ3v) is 6.77. The Labute approximate surface area is 180 Å². The molecule has 7 heteroatoms. The van der Waals surface area contributed by atoms with Gasteiger partial charge in [-0.3, -0.25) is 9.59 Å². The Morgan fingerprint density at radius 2 is 1.73 bits per heavy atom. The summed E-state index contributed by atoms with van der Waals surface area (Å²) in [5, 5.41) is 3.96. The Hall–Kier alpha value is -2.80. The first-order chi connectivity index (χ1) is 14.4. The first kappa shape index (κ1) is 20.5. The number of likely N-dealkylation sites (tertiary alicyclic amines) is 1. The van der Waals surface area contributed by atoms with Crippen LogP contribution in [0.5, 0.6) is 0 Å². The molecule has 3 aromatic rings. The van der Waals surface area contributed by atoms with Gasteiger partial charge in [-0.05, 0) is 63.3 Å². The van der Waals surface area contributed by atoms with E-state index in [9.17, 15) is 9.59 Å². The zero-order chi connectivity index (χ0) is 21.3. The van der Waals surface area contributed by atoms with E-state index >= 15 is 0 Å². The van der Waals surface area contributed by atoms with Gasteiger partial charge in [0.2, 0.25) is 0 Å². The summed E-state index contributed by atoms with van der Waals surface area (Å²) in [6.07, 6.45) is 3.36. The van der Waals surface area contributed by atoms with Crippen molar-refractivity contribution in [3.63, 3.8) is 0 Å². The number of fused-ring (bicyclic) bond motifs is 1. The summed E-state index contributed by atoms with van der Waals surface area (Å²) in [4.78, 5) is 37.7. The number of nitrogens with zero attached hydrogens (tertiary/aromatic N) is 3. The maximum Gasteiger partial charge on any atom is 0.261 e. The number of carbonyl (C=O) groups is 2. The van der Waals surface area contributed by atoms with E-state index in [2.05, 4.69) is 15.3 Å². The fraction of sp³-hybridized carbons (Fsp3) is 0.391. The van der Waals surface area contributed by atoms with Crippen molar-refractivity contribution in [3.8, 4) is 0 Å². The molecule has 0 aliphatic carbocycles. The molecular weight excluding hydrogens is 396 g/mol. The molecule has 1 aliphatic rings. The van der Waals surface area contributed by atoms with E-state index in [-0.39, 0.29) is 11.8 Å². The number of aryl methyl sites for hydroxylation is 3. The van der Waals surface area contributed by atoms with Crippen LogP contribution in [0, 0.1) is 20.8 Å². The number of rotatable bonds is 4. The number of amides is 2. The number of piperidine rings is 1. The van der Waals surface area contributed by atoms with Gasteiger partial charge in [0.05, 0.1) is 4.88 Å². The van der Waals surface area contributed by atoms with Gasteiger partial charge in [0.15, 0.2) is 0 Å². The Bertz CT molecular complexity index is 1100. The lowest BCUT2D eigenvalue weighted by atomic mass is 10.1. The molecule has 30 heavy (non-hydrogen) atoms. The van der Waals surface area contributed by atoms with Gasteiger partial charge in [0.25, 0.3) is 11.8 Å². The molecule has 6 nitrogen and oxygen atoms in total. The lowest BCUT2D eigenvalue weighted by Crippen LogP contribution is -2.35. The van der Waals surface area contributed by atoms with Gasteiger partial charge in [-0.15, -0.1) is 11.3 Å². The van der Waals surface area contributed by atoms with Gasteiger partial charge in [0.1, 0.15) is 10.7 Å². The van der Waals surface area contributed by atoms with Crippen molar-refractivity contribution >= 4 is 33.4 Å². The molecule has 1 N–H and O–H groups in total. The highest BCUT2D eigenvalue weighted by molar-refractivity contribution is 7.20. The van der Waals surface area contributed by atoms with Gasteiger partial charge >= 0.3 is 0 Å². The summed E-state index contributed by atoms with van der Waals surface area (Å²) in [5.74, 6) is 0.700. The van der Waals surface area contributed by atoms with Crippen LogP contribution in [-0.4, -0.2) is 39.8 Å². The van der Waals surface area contributed by atoms with Crippen molar-refractivity contribution in [2.45, 2.75) is 46.6 Å². The molecule has 3 heterocycles. The molecule has 0 atom stereocenters. The van der Waals surface area contributed by atoms with Crippen molar-refractivity contribution in [2.24, 2.45) is 0 Å². The van der Waals surface area contributed by atoms with Crippen LogP contribution in [0.15, 0.2) is 24.3 Å². The van der Waals surface area contributed by atoms with Crippen LogP contribution in [0.25, 0.3) is 10.2 Å². The van der Waals surface area contributed by atoms with Crippen LogP contribution < -0.4 is 5.32 Å². The van der Waals surface area contributed by atoms with Crippen molar-refractivity contribution in [1.82, 2.24) is 20.2 Å². The maximum atomic E-state index is 12.8. The molecule has 0 spiro atoms. The molecule has 1 fully saturated rings. The number of hydrogen-bond acceptors (Lipinski definition) is 5. The van der Waals surface area contributed by atoms with Crippen LogP contribution in [0.1, 0.15) is 61.9 Å². The number of thiophene rings is 1. The second-order valence-corrected chi connectivity index (χ2v) is 8.82. The van der Waals surface area contributed by atoms with E-state index in [1.807, 2.05) is 49.9 Å². The third kappa shape index (κ3) is 4.07. The minimum absolute atomic E-state index is 0.0953. The first-order valence-electron chi connectivity index (χ1n) is 10.3. The van der Waals surface area contributed by atoms with Crippen molar-refractivity contribution < 1.29 is 9.59 Å². The first-order valence-corrected chi connectivity index (χ1v) is 11.2. The van der Waals surface area contributed by atoms with Gasteiger partial charge in [-0.2, -0.15) is 0 Å². The minimum atomic E-state index is -0.110. The molecule has 1 saturated heterocycles. The monoisotopic (exact) mass is 422 g/mol. The van der Waals surface area contributed by atoms with E-state index in [0.717, 1.165) is 53.0 Å². The molecule has 0 unspecified atom stereocenters. The quantitative estimate of drug-likeness (QED) is 0.685. The van der Waals surface area contributed by atoms with Crippen molar-refractivity contribution in [1.29, 1.82) is 0 Å². The van der Waals surface area contributed by atoms with Gasteiger partial charge < -0.3 is 10.2 Å². The van der Waals surface area contributed by atoms with Gasteiger partial charge in [0, 0.05) is 36.3 Å². The van der Waals surface area contributed by atoms with Crippen LogP contribution in [0.3, 0.4) is 0 Å². The van der Waals surface area contributed by atoms with E-state index in [0.29, 0.717) is 22.8 Å². The highest BCUT2D eigenvalue weighted by Gasteiger charge is 2.19. The smallest absolute Gasteiger partial charge is 0.261 e. The molecule has 156 valence electrons. The number of carbonyl (C=O) groups excluding carboxylic acids is 2. The average molecular weight is 423 g/mol. The summed E-state index contributed by atoms with van der Waals surface area (Å²) in [7, 11) is 0. The predicted molar refractivity (Wildman–Crippen MR) is 119 cm³/mol. The van der Waals surface area contributed by atoms with E-state index in [1.165, 1.54) is 17.8 Å².